The summed E-state index contributed by atoms with van der Waals surface area (Å²) in [5, 5.41) is 8.43. The maximum atomic E-state index is 12.7. The normalized spacial score (nSPS) is 22.6. The van der Waals surface area contributed by atoms with Gasteiger partial charge in [-0.1, -0.05) is 0 Å². The summed E-state index contributed by atoms with van der Waals surface area (Å²) < 4.78 is 0. The lowest BCUT2D eigenvalue weighted by atomic mass is 10.2. The Hall–Kier alpha value is -1.28. The summed E-state index contributed by atoms with van der Waals surface area (Å²) in [4.78, 5) is 22.4. The number of nitrogens with one attached hydrogen (secondary N) is 1. The predicted octanol–water partition coefficient (Wildman–Crippen LogP) is 1.99. The van der Waals surface area contributed by atoms with Gasteiger partial charge < -0.3 is 10.2 Å². The van der Waals surface area contributed by atoms with Gasteiger partial charge in [0.05, 0.1) is 6.20 Å². The Kier molecular flexibility index (Phi) is 4.43. The lowest BCUT2D eigenvalue weighted by Gasteiger charge is -2.32. The molecule has 2 aromatic heterocycles. The molecule has 1 N–H and O–H groups in total. The van der Waals surface area contributed by atoms with Gasteiger partial charge >= 0.3 is 0 Å². The van der Waals surface area contributed by atoms with E-state index in [0.29, 0.717) is 6.04 Å². The van der Waals surface area contributed by atoms with Crippen LogP contribution in [-0.4, -0.2) is 66.0 Å². The molecule has 0 spiro atoms. The van der Waals surface area contributed by atoms with E-state index in [1.807, 2.05) is 16.3 Å². The molecule has 7 heteroatoms. The van der Waals surface area contributed by atoms with Gasteiger partial charge in [-0.15, -0.1) is 11.3 Å². The molecule has 2 fully saturated rings. The molecule has 2 saturated heterocycles. The second kappa shape index (κ2) is 6.68. The number of carbonyl (C=O) groups is 1. The smallest absolute Gasteiger partial charge is 0.265 e. The highest BCUT2D eigenvalue weighted by molar-refractivity contribution is 7.17. The van der Waals surface area contributed by atoms with Crippen LogP contribution >= 0.6 is 22.7 Å². The van der Waals surface area contributed by atoms with Crippen LogP contribution in [0.25, 0.3) is 10.6 Å². The highest BCUT2D eigenvalue weighted by atomic mass is 32.1. The van der Waals surface area contributed by atoms with Gasteiger partial charge in [-0.25, -0.2) is 4.98 Å². The first-order valence-electron chi connectivity index (χ1n) is 8.04. The van der Waals surface area contributed by atoms with Gasteiger partial charge in [0.15, 0.2) is 0 Å². The second-order valence-corrected chi connectivity index (χ2v) is 7.83. The molecule has 1 atom stereocenters. The third-order valence-corrected chi connectivity index (χ3v) is 6.32. The van der Waals surface area contributed by atoms with E-state index >= 15 is 0 Å². The lowest BCUT2D eigenvalue weighted by molar-refractivity contribution is 0.0778. The molecule has 1 unspecified atom stereocenters. The van der Waals surface area contributed by atoms with Crippen LogP contribution < -0.4 is 5.32 Å². The summed E-state index contributed by atoms with van der Waals surface area (Å²) in [5.74, 6) is 0.140. The molecule has 1 amide bonds. The fourth-order valence-corrected chi connectivity index (χ4v) is 4.92. The van der Waals surface area contributed by atoms with Gasteiger partial charge in [0.2, 0.25) is 0 Å². The third-order valence-electron chi connectivity index (χ3n) is 4.60. The highest BCUT2D eigenvalue weighted by Crippen LogP contribution is 2.28. The Bertz CT molecular complexity index is 663. The molecule has 2 aromatic rings. The van der Waals surface area contributed by atoms with E-state index in [0.717, 1.165) is 61.1 Å². The van der Waals surface area contributed by atoms with Crippen molar-refractivity contribution in [2.75, 3.05) is 39.3 Å². The van der Waals surface area contributed by atoms with E-state index in [1.165, 1.54) is 11.3 Å². The number of piperazine rings is 1. The fraction of sp³-hybridized carbons (Fsp3) is 0.500. The number of hydrogen-bond acceptors (Lipinski definition) is 6. The minimum absolute atomic E-state index is 0.140. The molecule has 0 saturated carbocycles. The van der Waals surface area contributed by atoms with Crippen molar-refractivity contribution in [3.63, 3.8) is 0 Å². The molecule has 2 aliphatic heterocycles. The Morgan fingerprint density at radius 1 is 1.30 bits per heavy atom. The number of carbonyl (C=O) groups excluding carboxylic acids is 1. The quantitative estimate of drug-likeness (QED) is 0.922. The number of nitrogens with zero attached hydrogens (tertiary/aromatic N) is 3. The summed E-state index contributed by atoms with van der Waals surface area (Å²) in [5.41, 5.74) is 1.11. The van der Waals surface area contributed by atoms with E-state index in [1.54, 1.807) is 17.5 Å². The number of aromatic nitrogens is 1. The van der Waals surface area contributed by atoms with E-state index in [-0.39, 0.29) is 5.91 Å². The Morgan fingerprint density at radius 2 is 2.17 bits per heavy atom. The van der Waals surface area contributed by atoms with Crippen LogP contribution in [0.15, 0.2) is 23.0 Å². The topological polar surface area (TPSA) is 48.5 Å². The van der Waals surface area contributed by atoms with Gasteiger partial charge in [0.25, 0.3) is 5.91 Å². The van der Waals surface area contributed by atoms with Gasteiger partial charge in [0, 0.05) is 56.3 Å². The number of likely N-dealkylation sites (tertiary alicyclic amines) is 1. The number of rotatable bonds is 3. The maximum absolute atomic E-state index is 12.7. The van der Waals surface area contributed by atoms with Crippen LogP contribution in [0.2, 0.25) is 0 Å². The SMILES string of the molecule is O=C(c1cnc(-c2ccsc2)s1)N1CCC(N2CCNCC2)C1. The highest BCUT2D eigenvalue weighted by Gasteiger charge is 2.32. The van der Waals surface area contributed by atoms with E-state index in [9.17, 15) is 4.79 Å². The molecule has 122 valence electrons. The van der Waals surface area contributed by atoms with Crippen molar-refractivity contribution >= 4 is 28.6 Å². The molecule has 0 aliphatic carbocycles. The molecule has 5 nitrogen and oxygen atoms in total. The molecule has 4 rings (SSSR count). The zero-order valence-electron chi connectivity index (χ0n) is 12.9. The van der Waals surface area contributed by atoms with Crippen molar-refractivity contribution in [1.82, 2.24) is 20.1 Å². The minimum atomic E-state index is 0.140. The molecule has 0 aromatic carbocycles. The van der Waals surface area contributed by atoms with Crippen molar-refractivity contribution < 1.29 is 4.79 Å². The lowest BCUT2D eigenvalue weighted by Crippen LogP contribution is -2.49. The maximum Gasteiger partial charge on any atom is 0.265 e. The molecular weight excluding hydrogens is 328 g/mol. The van der Waals surface area contributed by atoms with E-state index in [2.05, 4.69) is 20.6 Å². The van der Waals surface area contributed by atoms with Crippen LogP contribution in [0.5, 0.6) is 0 Å². The monoisotopic (exact) mass is 348 g/mol. The Morgan fingerprint density at radius 3 is 2.96 bits per heavy atom. The number of amides is 1. The van der Waals surface area contributed by atoms with Crippen LogP contribution in [0.4, 0.5) is 0 Å². The number of thiazole rings is 1. The zero-order chi connectivity index (χ0) is 15.6. The van der Waals surface area contributed by atoms with Crippen LogP contribution in [-0.2, 0) is 0 Å². The number of thiophene rings is 1. The van der Waals surface area contributed by atoms with Gasteiger partial charge in [-0.05, 0) is 17.9 Å². The molecule has 23 heavy (non-hydrogen) atoms. The molecule has 4 heterocycles. The van der Waals surface area contributed by atoms with Crippen molar-refractivity contribution in [3.05, 3.63) is 27.9 Å². The molecular formula is C16H20N4OS2. The largest absolute Gasteiger partial charge is 0.336 e. The third kappa shape index (κ3) is 3.19. The van der Waals surface area contributed by atoms with E-state index in [4.69, 9.17) is 0 Å². The molecule has 0 bridgehead atoms. The first kappa shape index (κ1) is 15.3. The van der Waals surface area contributed by atoms with Crippen molar-refractivity contribution in [2.45, 2.75) is 12.5 Å². The average Bonchev–Trinajstić information content (AvgIpc) is 3.35. The van der Waals surface area contributed by atoms with Gasteiger partial charge in [0.1, 0.15) is 9.88 Å². The summed E-state index contributed by atoms with van der Waals surface area (Å²) in [6.45, 7) is 6.02. The summed E-state index contributed by atoms with van der Waals surface area (Å²) in [6, 6.07) is 2.57. The summed E-state index contributed by atoms with van der Waals surface area (Å²) in [6.07, 6.45) is 2.82. The number of hydrogen-bond donors (Lipinski definition) is 1. The minimum Gasteiger partial charge on any atom is -0.336 e. The van der Waals surface area contributed by atoms with Crippen LogP contribution in [0.1, 0.15) is 16.1 Å². The first-order chi connectivity index (χ1) is 11.3. The van der Waals surface area contributed by atoms with Crippen LogP contribution in [0, 0.1) is 0 Å². The van der Waals surface area contributed by atoms with Crippen molar-refractivity contribution in [1.29, 1.82) is 0 Å². The molecule has 0 radical (unpaired) electrons. The molecule has 2 aliphatic rings. The predicted molar refractivity (Wildman–Crippen MR) is 94.2 cm³/mol. The zero-order valence-corrected chi connectivity index (χ0v) is 14.5. The summed E-state index contributed by atoms with van der Waals surface area (Å²) in [7, 11) is 0. The van der Waals surface area contributed by atoms with Gasteiger partial charge in [-0.3, -0.25) is 9.69 Å². The first-order valence-corrected chi connectivity index (χ1v) is 9.79. The Labute approximate surface area is 143 Å². The van der Waals surface area contributed by atoms with Crippen molar-refractivity contribution in [3.8, 4) is 10.6 Å². The fourth-order valence-electron chi connectivity index (χ4n) is 3.32. The summed E-state index contributed by atoms with van der Waals surface area (Å²) >= 11 is 3.16. The van der Waals surface area contributed by atoms with Crippen molar-refractivity contribution in [2.24, 2.45) is 0 Å². The standard InChI is InChI=1S/C16H20N4OS2/c21-16(14-9-18-15(23-14)12-2-8-22-11-12)20-5-1-13(10-20)19-6-3-17-4-7-19/h2,8-9,11,13,17H,1,3-7,10H2. The Balaban J connectivity index is 1.41. The average molecular weight is 348 g/mol. The van der Waals surface area contributed by atoms with E-state index < -0.39 is 0 Å². The second-order valence-electron chi connectivity index (χ2n) is 6.02. The van der Waals surface area contributed by atoms with Gasteiger partial charge in [-0.2, -0.15) is 11.3 Å². The van der Waals surface area contributed by atoms with Crippen LogP contribution in [0.3, 0.4) is 0 Å².